The highest BCUT2D eigenvalue weighted by Gasteiger charge is 1.74. The lowest BCUT2D eigenvalue weighted by atomic mass is 10.4. The summed E-state index contributed by atoms with van der Waals surface area (Å²) in [5.41, 5.74) is 1.07. The van der Waals surface area contributed by atoms with E-state index in [0.717, 1.165) is 5.57 Å². The summed E-state index contributed by atoms with van der Waals surface area (Å²) in [6, 6.07) is 0. The highest BCUT2D eigenvalue weighted by Crippen LogP contribution is 1.86. The molecule has 0 saturated carbocycles. The summed E-state index contributed by atoms with van der Waals surface area (Å²) in [7, 11) is 1.74. The molecule has 0 aliphatic heterocycles. The van der Waals surface area contributed by atoms with Gasteiger partial charge < -0.3 is 0 Å². The Bertz CT molecular complexity index is 143. The standard InChI is InChI=1S/C7H12N2/c1-4-9-6-7(2)5-8-3/h4-6H,1-3H3. The molecule has 0 aliphatic rings. The van der Waals surface area contributed by atoms with E-state index < -0.39 is 0 Å². The van der Waals surface area contributed by atoms with Crippen LogP contribution in [0.4, 0.5) is 0 Å². The summed E-state index contributed by atoms with van der Waals surface area (Å²) in [5.74, 6) is 0. The lowest BCUT2D eigenvalue weighted by Gasteiger charge is -1.82. The molecule has 0 saturated heterocycles. The largest absolute Gasteiger partial charge is 0.296 e. The molecular formula is C7H12N2. The number of hydrogen-bond donors (Lipinski definition) is 0. The Morgan fingerprint density at radius 1 is 1.44 bits per heavy atom. The second-order valence-corrected chi connectivity index (χ2v) is 1.67. The van der Waals surface area contributed by atoms with Crippen LogP contribution in [0.15, 0.2) is 21.8 Å². The molecule has 2 heteroatoms. The molecule has 0 aromatic heterocycles. The van der Waals surface area contributed by atoms with E-state index in [0.29, 0.717) is 0 Å². The van der Waals surface area contributed by atoms with Crippen LogP contribution in [0.3, 0.4) is 0 Å². The van der Waals surface area contributed by atoms with Gasteiger partial charge in [0.05, 0.1) is 0 Å². The van der Waals surface area contributed by atoms with Crippen molar-refractivity contribution in [2.75, 3.05) is 7.05 Å². The molecule has 0 radical (unpaired) electrons. The average Bonchev–Trinajstić information content (AvgIpc) is 1.85. The Morgan fingerprint density at radius 3 is 2.56 bits per heavy atom. The molecule has 0 bridgehead atoms. The highest BCUT2D eigenvalue weighted by atomic mass is 14.7. The van der Waals surface area contributed by atoms with E-state index in [1.54, 1.807) is 25.7 Å². The van der Waals surface area contributed by atoms with Crippen LogP contribution in [0, 0.1) is 0 Å². The Balaban J connectivity index is 3.84. The van der Waals surface area contributed by atoms with Gasteiger partial charge in [-0.3, -0.25) is 9.98 Å². The van der Waals surface area contributed by atoms with Crippen molar-refractivity contribution in [3.8, 4) is 0 Å². The third-order valence-corrected chi connectivity index (χ3v) is 0.760. The molecule has 0 spiro atoms. The molecule has 2 nitrogen and oxygen atoms in total. The number of allylic oxidation sites excluding steroid dienone is 1. The second-order valence-electron chi connectivity index (χ2n) is 1.67. The fourth-order valence-corrected chi connectivity index (χ4v) is 0.429. The number of nitrogens with zero attached hydrogens (tertiary/aromatic N) is 2. The molecule has 9 heavy (non-hydrogen) atoms. The van der Waals surface area contributed by atoms with Gasteiger partial charge >= 0.3 is 0 Å². The second kappa shape index (κ2) is 5.22. The minimum Gasteiger partial charge on any atom is -0.296 e. The van der Waals surface area contributed by atoms with Crippen LogP contribution in [-0.4, -0.2) is 19.5 Å². The van der Waals surface area contributed by atoms with Crippen molar-refractivity contribution >= 4 is 12.4 Å². The van der Waals surface area contributed by atoms with E-state index in [4.69, 9.17) is 0 Å². The third kappa shape index (κ3) is 4.94. The van der Waals surface area contributed by atoms with Crippen molar-refractivity contribution in [2.45, 2.75) is 13.8 Å². The zero-order chi connectivity index (χ0) is 7.11. The zero-order valence-corrected chi connectivity index (χ0v) is 6.13. The maximum atomic E-state index is 3.91. The van der Waals surface area contributed by atoms with Crippen LogP contribution in [-0.2, 0) is 0 Å². The Morgan fingerprint density at radius 2 is 2.11 bits per heavy atom. The molecule has 0 aliphatic carbocycles. The molecule has 50 valence electrons. The van der Waals surface area contributed by atoms with Gasteiger partial charge in [-0.1, -0.05) is 0 Å². The SMILES string of the molecule is CC=NC=C(C)C=NC. The van der Waals surface area contributed by atoms with Crippen molar-refractivity contribution in [3.05, 3.63) is 11.8 Å². The van der Waals surface area contributed by atoms with Crippen LogP contribution in [0.25, 0.3) is 0 Å². The van der Waals surface area contributed by atoms with Crippen LogP contribution in [0.2, 0.25) is 0 Å². The van der Waals surface area contributed by atoms with Gasteiger partial charge in [0.1, 0.15) is 0 Å². The normalized spacial score (nSPS) is 13.9. The van der Waals surface area contributed by atoms with Gasteiger partial charge in [0.15, 0.2) is 0 Å². The molecule has 0 aromatic carbocycles. The number of rotatable bonds is 2. The van der Waals surface area contributed by atoms with Gasteiger partial charge in [-0.2, -0.15) is 0 Å². The van der Waals surface area contributed by atoms with E-state index in [-0.39, 0.29) is 0 Å². The molecule has 0 fully saturated rings. The van der Waals surface area contributed by atoms with Crippen LogP contribution in [0.5, 0.6) is 0 Å². The predicted octanol–water partition coefficient (Wildman–Crippen LogP) is 1.68. The summed E-state index contributed by atoms with van der Waals surface area (Å²) < 4.78 is 0. The Labute approximate surface area is 56.0 Å². The molecule has 0 unspecified atom stereocenters. The van der Waals surface area contributed by atoms with E-state index in [9.17, 15) is 0 Å². The van der Waals surface area contributed by atoms with Crippen LogP contribution < -0.4 is 0 Å². The van der Waals surface area contributed by atoms with E-state index in [1.165, 1.54) is 0 Å². The van der Waals surface area contributed by atoms with Crippen LogP contribution in [0.1, 0.15) is 13.8 Å². The molecule has 0 N–H and O–H groups in total. The Hall–Kier alpha value is -0.920. The lowest BCUT2D eigenvalue weighted by molar-refractivity contribution is 1.42. The maximum absolute atomic E-state index is 3.91. The zero-order valence-electron chi connectivity index (χ0n) is 6.13. The van der Waals surface area contributed by atoms with Gasteiger partial charge in [0.2, 0.25) is 0 Å². The van der Waals surface area contributed by atoms with Crippen molar-refractivity contribution in [2.24, 2.45) is 9.98 Å². The van der Waals surface area contributed by atoms with E-state index in [1.807, 2.05) is 13.8 Å². The number of hydrogen-bond acceptors (Lipinski definition) is 2. The van der Waals surface area contributed by atoms with Crippen molar-refractivity contribution < 1.29 is 0 Å². The fraction of sp³-hybridized carbons (Fsp3) is 0.429. The van der Waals surface area contributed by atoms with Gasteiger partial charge in [-0.05, 0) is 19.4 Å². The molecular weight excluding hydrogens is 112 g/mol. The van der Waals surface area contributed by atoms with Crippen molar-refractivity contribution in [1.82, 2.24) is 0 Å². The summed E-state index contributed by atoms with van der Waals surface area (Å²) in [4.78, 5) is 7.73. The predicted molar refractivity (Wildman–Crippen MR) is 42.3 cm³/mol. The number of aliphatic imine (C=N–C) groups is 2. The van der Waals surface area contributed by atoms with Gasteiger partial charge in [0, 0.05) is 25.7 Å². The van der Waals surface area contributed by atoms with Crippen molar-refractivity contribution in [3.63, 3.8) is 0 Å². The monoisotopic (exact) mass is 124 g/mol. The van der Waals surface area contributed by atoms with Gasteiger partial charge in [-0.25, -0.2) is 0 Å². The maximum Gasteiger partial charge on any atom is 0.0308 e. The third-order valence-electron chi connectivity index (χ3n) is 0.760. The summed E-state index contributed by atoms with van der Waals surface area (Å²) in [6.07, 6.45) is 5.28. The first-order valence-corrected chi connectivity index (χ1v) is 2.88. The lowest BCUT2D eigenvalue weighted by Crippen LogP contribution is -1.74. The van der Waals surface area contributed by atoms with E-state index >= 15 is 0 Å². The fourth-order valence-electron chi connectivity index (χ4n) is 0.429. The van der Waals surface area contributed by atoms with Gasteiger partial charge in [-0.15, -0.1) is 0 Å². The first kappa shape index (κ1) is 8.08. The quantitative estimate of drug-likeness (QED) is 0.500. The first-order chi connectivity index (χ1) is 4.31. The summed E-state index contributed by atoms with van der Waals surface area (Å²) in [6.45, 7) is 3.84. The molecule has 0 heterocycles. The molecule has 0 rings (SSSR count). The minimum atomic E-state index is 1.07. The first-order valence-electron chi connectivity index (χ1n) is 2.88. The topological polar surface area (TPSA) is 24.7 Å². The highest BCUT2D eigenvalue weighted by molar-refractivity contribution is 5.77. The minimum absolute atomic E-state index is 1.07. The summed E-state index contributed by atoms with van der Waals surface area (Å²) >= 11 is 0. The summed E-state index contributed by atoms with van der Waals surface area (Å²) in [5, 5.41) is 0. The van der Waals surface area contributed by atoms with Crippen molar-refractivity contribution in [1.29, 1.82) is 0 Å². The Kier molecular flexibility index (Phi) is 4.69. The smallest absolute Gasteiger partial charge is 0.0308 e. The molecule has 0 atom stereocenters. The van der Waals surface area contributed by atoms with Crippen LogP contribution >= 0.6 is 0 Å². The molecule has 0 amide bonds. The van der Waals surface area contributed by atoms with Gasteiger partial charge in [0.25, 0.3) is 0 Å². The molecule has 0 aromatic rings. The average molecular weight is 124 g/mol. The van der Waals surface area contributed by atoms with E-state index in [2.05, 4.69) is 9.98 Å².